The minimum absolute atomic E-state index is 0.0948. The third-order valence-corrected chi connectivity index (χ3v) is 3.62. The third kappa shape index (κ3) is 2.43. The summed E-state index contributed by atoms with van der Waals surface area (Å²) in [6, 6.07) is 7.76. The van der Waals surface area contributed by atoms with E-state index in [1.165, 1.54) is 0 Å². The maximum Gasteiger partial charge on any atom is 0.307 e. The lowest BCUT2D eigenvalue weighted by Crippen LogP contribution is -2.25. The Morgan fingerprint density at radius 1 is 1.29 bits per heavy atom. The van der Waals surface area contributed by atoms with Crippen molar-refractivity contribution in [3.8, 4) is 5.75 Å². The molecule has 17 heavy (non-hydrogen) atoms. The highest BCUT2D eigenvalue weighted by molar-refractivity contribution is 5.71. The highest BCUT2D eigenvalue weighted by Gasteiger charge is 2.33. The zero-order valence-corrected chi connectivity index (χ0v) is 10.1. The maximum absolute atomic E-state index is 11.3. The fourth-order valence-electron chi connectivity index (χ4n) is 2.77. The van der Waals surface area contributed by atoms with Gasteiger partial charge in [0.2, 0.25) is 0 Å². The van der Waals surface area contributed by atoms with Crippen molar-refractivity contribution >= 4 is 5.97 Å². The summed E-state index contributed by atoms with van der Waals surface area (Å²) in [4.78, 5) is 11.3. The number of carboxylic acid groups (broad SMARTS) is 1. The van der Waals surface area contributed by atoms with E-state index >= 15 is 0 Å². The zero-order valence-electron chi connectivity index (χ0n) is 10.1. The standard InChI is InChI=1S/C14H18O3/c1-17-13-9-5-4-7-11(13)10-6-2-3-8-12(10)14(15)16/h4-5,7,9-10,12H,2-3,6,8H2,1H3,(H,15,16)/t10-,12?/m1/s1. The lowest BCUT2D eigenvalue weighted by Gasteiger charge is -2.29. The van der Waals surface area contributed by atoms with E-state index in [9.17, 15) is 9.90 Å². The Kier molecular flexibility index (Phi) is 3.67. The molecule has 0 amide bonds. The molecule has 2 rings (SSSR count). The van der Waals surface area contributed by atoms with Crippen molar-refractivity contribution in [3.05, 3.63) is 29.8 Å². The summed E-state index contributed by atoms with van der Waals surface area (Å²) in [6.07, 6.45) is 3.84. The SMILES string of the molecule is COc1ccccc1[C@H]1CCCCC1C(=O)O. The molecule has 1 fully saturated rings. The van der Waals surface area contributed by atoms with Gasteiger partial charge in [-0.1, -0.05) is 31.0 Å². The van der Waals surface area contributed by atoms with Crippen molar-refractivity contribution < 1.29 is 14.6 Å². The third-order valence-electron chi connectivity index (χ3n) is 3.62. The van der Waals surface area contributed by atoms with Crippen molar-refractivity contribution in [2.75, 3.05) is 7.11 Å². The molecule has 0 aliphatic heterocycles. The van der Waals surface area contributed by atoms with E-state index in [1.54, 1.807) is 7.11 Å². The van der Waals surface area contributed by atoms with Crippen LogP contribution in [0.5, 0.6) is 5.75 Å². The molecule has 0 radical (unpaired) electrons. The number of aliphatic carboxylic acids is 1. The van der Waals surface area contributed by atoms with Crippen LogP contribution in [0.1, 0.15) is 37.2 Å². The van der Waals surface area contributed by atoms with Crippen LogP contribution in [0, 0.1) is 5.92 Å². The summed E-state index contributed by atoms with van der Waals surface area (Å²) in [7, 11) is 1.64. The summed E-state index contributed by atoms with van der Waals surface area (Å²) in [5.74, 6) is -0.0382. The Labute approximate surface area is 101 Å². The molecular weight excluding hydrogens is 216 g/mol. The lowest BCUT2D eigenvalue weighted by atomic mass is 9.75. The molecule has 3 heteroatoms. The van der Waals surface area contributed by atoms with Crippen LogP contribution in [0.4, 0.5) is 0 Å². The highest BCUT2D eigenvalue weighted by atomic mass is 16.5. The maximum atomic E-state index is 11.3. The molecule has 1 aliphatic rings. The number of methoxy groups -OCH3 is 1. The van der Waals surface area contributed by atoms with Gasteiger partial charge in [-0.25, -0.2) is 0 Å². The van der Waals surface area contributed by atoms with Crippen LogP contribution in [0.15, 0.2) is 24.3 Å². The van der Waals surface area contributed by atoms with Crippen LogP contribution in [-0.2, 0) is 4.79 Å². The number of carbonyl (C=O) groups is 1. The van der Waals surface area contributed by atoms with Gasteiger partial charge in [0.15, 0.2) is 0 Å². The summed E-state index contributed by atoms with van der Waals surface area (Å²) in [5, 5.41) is 9.29. The Bertz CT molecular complexity index is 400. The van der Waals surface area contributed by atoms with E-state index < -0.39 is 5.97 Å². The predicted molar refractivity (Wildman–Crippen MR) is 65.3 cm³/mol. The number of benzene rings is 1. The zero-order chi connectivity index (χ0) is 12.3. The molecule has 2 atom stereocenters. The van der Waals surface area contributed by atoms with Crippen LogP contribution >= 0.6 is 0 Å². The van der Waals surface area contributed by atoms with E-state index in [2.05, 4.69) is 0 Å². The van der Waals surface area contributed by atoms with Gasteiger partial charge in [-0.2, -0.15) is 0 Å². The number of carboxylic acids is 1. The van der Waals surface area contributed by atoms with Crippen LogP contribution in [-0.4, -0.2) is 18.2 Å². The first-order chi connectivity index (χ1) is 8.24. The molecule has 1 saturated carbocycles. The molecule has 92 valence electrons. The molecule has 1 aromatic carbocycles. The van der Waals surface area contributed by atoms with Crippen LogP contribution in [0.2, 0.25) is 0 Å². The number of hydrogen-bond acceptors (Lipinski definition) is 2. The second-order valence-electron chi connectivity index (χ2n) is 4.58. The molecule has 0 spiro atoms. The van der Waals surface area contributed by atoms with E-state index in [0.29, 0.717) is 0 Å². The quantitative estimate of drug-likeness (QED) is 0.874. The minimum Gasteiger partial charge on any atom is -0.496 e. The first-order valence-electron chi connectivity index (χ1n) is 6.09. The molecule has 1 N–H and O–H groups in total. The van der Waals surface area contributed by atoms with Crippen molar-refractivity contribution in [1.29, 1.82) is 0 Å². The Hall–Kier alpha value is -1.51. The molecule has 1 aromatic rings. The van der Waals surface area contributed by atoms with Crippen LogP contribution < -0.4 is 4.74 Å². The molecule has 3 nitrogen and oxygen atoms in total. The molecule has 0 heterocycles. The van der Waals surface area contributed by atoms with Gasteiger partial charge >= 0.3 is 5.97 Å². The number of rotatable bonds is 3. The summed E-state index contributed by atoms with van der Waals surface area (Å²) >= 11 is 0. The second kappa shape index (κ2) is 5.21. The molecular formula is C14H18O3. The first-order valence-corrected chi connectivity index (χ1v) is 6.09. The Morgan fingerprint density at radius 2 is 2.00 bits per heavy atom. The van der Waals surface area contributed by atoms with E-state index in [0.717, 1.165) is 37.0 Å². The first kappa shape index (κ1) is 12.0. The monoisotopic (exact) mass is 234 g/mol. The fourth-order valence-corrected chi connectivity index (χ4v) is 2.77. The molecule has 0 saturated heterocycles. The summed E-state index contributed by atoms with van der Waals surface area (Å²) in [6.45, 7) is 0. The van der Waals surface area contributed by atoms with Gasteiger partial charge in [0.25, 0.3) is 0 Å². The minimum atomic E-state index is -0.680. The molecule has 0 aromatic heterocycles. The van der Waals surface area contributed by atoms with Crippen molar-refractivity contribution in [2.24, 2.45) is 5.92 Å². The van der Waals surface area contributed by atoms with Gasteiger partial charge in [-0.3, -0.25) is 4.79 Å². The summed E-state index contributed by atoms with van der Waals surface area (Å²) in [5.41, 5.74) is 1.04. The van der Waals surface area contributed by atoms with Crippen molar-refractivity contribution in [3.63, 3.8) is 0 Å². The lowest BCUT2D eigenvalue weighted by molar-refractivity contribution is -0.143. The largest absolute Gasteiger partial charge is 0.496 e. The molecule has 1 aliphatic carbocycles. The van der Waals surface area contributed by atoms with Gasteiger partial charge in [0.1, 0.15) is 5.75 Å². The Morgan fingerprint density at radius 3 is 2.71 bits per heavy atom. The normalized spacial score (nSPS) is 24.3. The Balaban J connectivity index is 2.32. The predicted octanol–water partition coefficient (Wildman–Crippen LogP) is 3.05. The van der Waals surface area contributed by atoms with E-state index in [1.807, 2.05) is 24.3 Å². The van der Waals surface area contributed by atoms with Gasteiger partial charge < -0.3 is 9.84 Å². The molecule has 1 unspecified atom stereocenters. The molecule has 0 bridgehead atoms. The topological polar surface area (TPSA) is 46.5 Å². The average molecular weight is 234 g/mol. The number of hydrogen-bond donors (Lipinski definition) is 1. The van der Waals surface area contributed by atoms with Crippen molar-refractivity contribution in [2.45, 2.75) is 31.6 Å². The van der Waals surface area contributed by atoms with Crippen LogP contribution in [0.25, 0.3) is 0 Å². The van der Waals surface area contributed by atoms with Gasteiger partial charge in [0.05, 0.1) is 13.0 Å². The summed E-state index contributed by atoms with van der Waals surface area (Å²) < 4.78 is 5.33. The number of para-hydroxylation sites is 1. The average Bonchev–Trinajstić information content (AvgIpc) is 2.38. The smallest absolute Gasteiger partial charge is 0.307 e. The van der Waals surface area contributed by atoms with E-state index in [-0.39, 0.29) is 11.8 Å². The van der Waals surface area contributed by atoms with Gasteiger partial charge in [-0.15, -0.1) is 0 Å². The van der Waals surface area contributed by atoms with Crippen LogP contribution in [0.3, 0.4) is 0 Å². The second-order valence-corrected chi connectivity index (χ2v) is 4.58. The van der Waals surface area contributed by atoms with Gasteiger partial charge in [0, 0.05) is 5.92 Å². The fraction of sp³-hybridized carbons (Fsp3) is 0.500. The van der Waals surface area contributed by atoms with E-state index in [4.69, 9.17) is 4.74 Å². The highest BCUT2D eigenvalue weighted by Crippen LogP contribution is 2.41. The number of ether oxygens (including phenoxy) is 1. The van der Waals surface area contributed by atoms with Crippen molar-refractivity contribution in [1.82, 2.24) is 0 Å². The van der Waals surface area contributed by atoms with Gasteiger partial charge in [-0.05, 0) is 24.5 Å².